The van der Waals surface area contributed by atoms with E-state index in [0.29, 0.717) is 19.4 Å². The fourth-order valence-corrected chi connectivity index (χ4v) is 1.75. The molecule has 122 valence electrons. The first-order valence-corrected chi connectivity index (χ1v) is 7.52. The number of carbonyl (C=O) groups excluding carboxylic acids is 2. The molecule has 0 aromatic rings. The molecule has 0 heterocycles. The van der Waals surface area contributed by atoms with Crippen LogP contribution in [0.2, 0.25) is 0 Å². The van der Waals surface area contributed by atoms with Crippen molar-refractivity contribution in [1.82, 2.24) is 0 Å². The Balaban J connectivity index is 3.74. The number of unbranched alkanes of at least 4 members (excludes halogenated alkanes) is 4. The monoisotopic (exact) mass is 300 g/mol. The van der Waals surface area contributed by atoms with Gasteiger partial charge in [-0.1, -0.05) is 32.6 Å². The van der Waals surface area contributed by atoms with Crippen LogP contribution in [0.15, 0.2) is 4.99 Å². The second-order valence-electron chi connectivity index (χ2n) is 5.01. The molecule has 0 amide bonds. The summed E-state index contributed by atoms with van der Waals surface area (Å²) in [6.45, 7) is 2.52. The molecule has 6 N–H and O–H groups in total. The van der Waals surface area contributed by atoms with E-state index in [1.165, 1.54) is 0 Å². The largest absolute Gasteiger partial charge is 0.392 e. The van der Waals surface area contributed by atoms with Crippen molar-refractivity contribution in [1.29, 1.82) is 0 Å². The van der Waals surface area contributed by atoms with Crippen molar-refractivity contribution < 1.29 is 14.3 Å². The Bertz CT molecular complexity index is 341. The third-order valence-electron chi connectivity index (χ3n) is 2.97. The SMILES string of the molecule is CCCCCCCC(=O)OC(=O)C(N)CCCN=C(N)N. The Morgan fingerprint density at radius 1 is 1.10 bits per heavy atom. The lowest BCUT2D eigenvalue weighted by atomic mass is 10.1. The summed E-state index contributed by atoms with van der Waals surface area (Å²) in [6, 6.07) is -0.816. The van der Waals surface area contributed by atoms with Crippen LogP contribution >= 0.6 is 0 Å². The van der Waals surface area contributed by atoms with Crippen LogP contribution in [0.3, 0.4) is 0 Å². The summed E-state index contributed by atoms with van der Waals surface area (Å²) in [5, 5.41) is 0. The van der Waals surface area contributed by atoms with E-state index in [0.717, 1.165) is 32.1 Å². The predicted molar refractivity (Wildman–Crippen MR) is 82.4 cm³/mol. The summed E-state index contributed by atoms with van der Waals surface area (Å²) < 4.78 is 4.71. The van der Waals surface area contributed by atoms with Gasteiger partial charge in [0.1, 0.15) is 6.04 Å². The minimum absolute atomic E-state index is 0.00407. The molecule has 1 unspecified atom stereocenters. The molecule has 0 aromatic heterocycles. The Kier molecular flexibility index (Phi) is 11.2. The van der Waals surface area contributed by atoms with Crippen molar-refractivity contribution in [2.45, 2.75) is 64.3 Å². The first-order valence-electron chi connectivity index (χ1n) is 7.52. The summed E-state index contributed by atoms with van der Waals surface area (Å²) in [4.78, 5) is 26.8. The summed E-state index contributed by atoms with van der Waals surface area (Å²) in [7, 11) is 0. The lowest BCUT2D eigenvalue weighted by Gasteiger charge is -2.09. The van der Waals surface area contributed by atoms with Crippen LogP contribution in [-0.4, -0.2) is 30.5 Å². The van der Waals surface area contributed by atoms with Gasteiger partial charge in [-0.2, -0.15) is 0 Å². The van der Waals surface area contributed by atoms with Crippen LogP contribution in [0.1, 0.15) is 58.3 Å². The molecule has 1 atom stereocenters. The molecular formula is C14H28N4O3. The van der Waals surface area contributed by atoms with Crippen molar-refractivity contribution in [3.05, 3.63) is 0 Å². The highest BCUT2D eigenvalue weighted by molar-refractivity contribution is 5.88. The Morgan fingerprint density at radius 3 is 2.38 bits per heavy atom. The van der Waals surface area contributed by atoms with Crippen molar-refractivity contribution in [2.75, 3.05) is 6.54 Å². The topological polar surface area (TPSA) is 134 Å². The number of carbonyl (C=O) groups is 2. The maximum Gasteiger partial charge on any atom is 0.330 e. The Morgan fingerprint density at radius 2 is 1.76 bits per heavy atom. The highest BCUT2D eigenvalue weighted by Crippen LogP contribution is 2.06. The Hall–Kier alpha value is -1.63. The number of esters is 2. The zero-order valence-electron chi connectivity index (χ0n) is 12.8. The van der Waals surface area contributed by atoms with Crippen molar-refractivity contribution in [2.24, 2.45) is 22.2 Å². The number of ether oxygens (including phenoxy) is 1. The van der Waals surface area contributed by atoms with Gasteiger partial charge in [-0.25, -0.2) is 4.79 Å². The summed E-state index contributed by atoms with van der Waals surface area (Å²) in [5.41, 5.74) is 16.0. The molecule has 0 bridgehead atoms. The molecule has 0 spiro atoms. The molecule has 7 nitrogen and oxygen atoms in total. The Labute approximate surface area is 126 Å². The molecule has 0 aliphatic heterocycles. The zero-order chi connectivity index (χ0) is 16.1. The first kappa shape index (κ1) is 19.4. The van der Waals surface area contributed by atoms with E-state index in [-0.39, 0.29) is 12.4 Å². The quantitative estimate of drug-likeness (QED) is 0.170. The number of nitrogens with two attached hydrogens (primary N) is 3. The number of guanidine groups is 1. The smallest absolute Gasteiger partial charge is 0.330 e. The van der Waals surface area contributed by atoms with Crippen molar-refractivity contribution in [3.63, 3.8) is 0 Å². The molecule has 0 radical (unpaired) electrons. The van der Waals surface area contributed by atoms with Crippen LogP contribution in [-0.2, 0) is 14.3 Å². The van der Waals surface area contributed by atoms with Crippen molar-refractivity contribution >= 4 is 17.9 Å². The molecule has 0 aliphatic carbocycles. The van der Waals surface area contributed by atoms with Crippen LogP contribution in [0.25, 0.3) is 0 Å². The standard InChI is InChI=1S/C14H28N4O3/c1-2-3-4-5-6-9-12(19)21-13(20)11(15)8-7-10-18-14(16)17/h11H,2-10,15H2,1H3,(H4,16,17,18). The number of hydrogen-bond acceptors (Lipinski definition) is 5. The number of nitrogens with zero attached hydrogens (tertiary/aromatic N) is 1. The summed E-state index contributed by atoms with van der Waals surface area (Å²) in [5.74, 6) is -1.18. The third kappa shape index (κ3) is 11.9. The van der Waals surface area contributed by atoms with E-state index in [1.54, 1.807) is 0 Å². The van der Waals surface area contributed by atoms with E-state index in [1.807, 2.05) is 0 Å². The molecule has 0 aliphatic rings. The van der Waals surface area contributed by atoms with Crippen LogP contribution < -0.4 is 17.2 Å². The van der Waals surface area contributed by atoms with Crippen LogP contribution in [0.5, 0.6) is 0 Å². The second-order valence-corrected chi connectivity index (χ2v) is 5.01. The van der Waals surface area contributed by atoms with Gasteiger partial charge in [-0.3, -0.25) is 9.79 Å². The normalized spacial score (nSPS) is 11.7. The zero-order valence-corrected chi connectivity index (χ0v) is 12.8. The minimum Gasteiger partial charge on any atom is -0.392 e. The first-order chi connectivity index (χ1) is 9.97. The van der Waals surface area contributed by atoms with Gasteiger partial charge in [-0.15, -0.1) is 0 Å². The van der Waals surface area contributed by atoms with E-state index in [4.69, 9.17) is 21.9 Å². The number of aliphatic imine (C=N–C) groups is 1. The second kappa shape index (κ2) is 12.1. The highest BCUT2D eigenvalue weighted by Gasteiger charge is 2.18. The molecule has 0 saturated carbocycles. The maximum absolute atomic E-state index is 11.6. The van der Waals surface area contributed by atoms with Gasteiger partial charge in [0.25, 0.3) is 0 Å². The average Bonchev–Trinajstić information content (AvgIpc) is 2.42. The molecular weight excluding hydrogens is 272 g/mol. The lowest BCUT2D eigenvalue weighted by Crippen LogP contribution is -2.34. The van der Waals surface area contributed by atoms with Gasteiger partial charge >= 0.3 is 11.9 Å². The predicted octanol–water partition coefficient (Wildman–Crippen LogP) is 0.798. The van der Waals surface area contributed by atoms with E-state index in [2.05, 4.69) is 11.9 Å². The van der Waals surface area contributed by atoms with Gasteiger partial charge in [0, 0.05) is 13.0 Å². The van der Waals surface area contributed by atoms with Gasteiger partial charge < -0.3 is 21.9 Å². The maximum atomic E-state index is 11.6. The van der Waals surface area contributed by atoms with Gasteiger partial charge in [0.2, 0.25) is 0 Å². The molecule has 0 fully saturated rings. The van der Waals surface area contributed by atoms with Gasteiger partial charge in [0.05, 0.1) is 0 Å². The number of rotatable bonds is 11. The summed E-state index contributed by atoms with van der Waals surface area (Å²) >= 11 is 0. The fraction of sp³-hybridized carbons (Fsp3) is 0.786. The molecule has 7 heteroatoms. The van der Waals surface area contributed by atoms with E-state index >= 15 is 0 Å². The molecule has 0 saturated heterocycles. The van der Waals surface area contributed by atoms with E-state index < -0.39 is 18.0 Å². The fourth-order valence-electron chi connectivity index (χ4n) is 1.75. The minimum atomic E-state index is -0.816. The third-order valence-corrected chi connectivity index (χ3v) is 2.97. The van der Waals surface area contributed by atoms with Crippen LogP contribution in [0, 0.1) is 0 Å². The highest BCUT2D eigenvalue weighted by atomic mass is 16.6. The van der Waals surface area contributed by atoms with E-state index in [9.17, 15) is 9.59 Å². The van der Waals surface area contributed by atoms with Crippen LogP contribution in [0.4, 0.5) is 0 Å². The number of hydrogen-bond donors (Lipinski definition) is 3. The lowest BCUT2D eigenvalue weighted by molar-refractivity contribution is -0.160. The van der Waals surface area contributed by atoms with Gasteiger partial charge in [-0.05, 0) is 19.3 Å². The molecule has 21 heavy (non-hydrogen) atoms. The van der Waals surface area contributed by atoms with Gasteiger partial charge in [0.15, 0.2) is 5.96 Å². The van der Waals surface area contributed by atoms with Crippen molar-refractivity contribution in [3.8, 4) is 0 Å². The summed E-state index contributed by atoms with van der Waals surface area (Å²) in [6.07, 6.45) is 6.32. The molecule has 0 rings (SSSR count). The average molecular weight is 300 g/mol. The molecule has 0 aromatic carbocycles.